The molecular formula is C29H31FN4O2S. The molecule has 6 nitrogen and oxygen atoms in total. The van der Waals surface area contributed by atoms with Gasteiger partial charge < -0.3 is 15.2 Å². The summed E-state index contributed by atoms with van der Waals surface area (Å²) in [7, 11) is 3.75. The Morgan fingerprint density at radius 2 is 1.95 bits per heavy atom. The molecule has 2 heterocycles. The van der Waals surface area contributed by atoms with Crippen LogP contribution in [0.1, 0.15) is 30.0 Å². The highest BCUT2D eigenvalue weighted by Crippen LogP contribution is 2.37. The van der Waals surface area contributed by atoms with Crippen molar-refractivity contribution >= 4 is 27.4 Å². The van der Waals surface area contributed by atoms with E-state index in [1.807, 2.05) is 0 Å². The fraction of sp³-hybridized carbons (Fsp3) is 0.310. The highest BCUT2D eigenvalue weighted by molar-refractivity contribution is 7.22. The first kappa shape index (κ1) is 25.5. The molecule has 0 amide bonds. The summed E-state index contributed by atoms with van der Waals surface area (Å²) >= 11 is 1.64. The summed E-state index contributed by atoms with van der Waals surface area (Å²) in [6.07, 6.45) is 2.77. The van der Waals surface area contributed by atoms with Crippen LogP contribution in [0.4, 0.5) is 10.2 Å². The van der Waals surface area contributed by atoms with E-state index in [4.69, 9.17) is 4.74 Å². The maximum Gasteiger partial charge on any atom is 0.148 e. The normalized spacial score (nSPS) is 18.6. The largest absolute Gasteiger partial charge is 0.389 e. The maximum absolute atomic E-state index is 13.4. The minimum Gasteiger partial charge on any atom is -0.389 e. The average molecular weight is 519 g/mol. The quantitative estimate of drug-likeness (QED) is 0.273. The van der Waals surface area contributed by atoms with Crippen LogP contribution >= 0.6 is 11.3 Å². The molecule has 37 heavy (non-hydrogen) atoms. The standard InChI is InChI=1S/C29H31FN4O2S/c1-18-12-23(13-26(18)35)34(2)15-19-4-6-21(7-5-19)27-14-24-28(37-27)29(32-17-31-24)33-25(16-36-3)20-8-10-22(30)11-9-20/h4-11,14,17,23,25-26,35H,1,12-13,15-16H2,2-3H3,(H,31,32,33)/t23?,25-,26?/m1/s1. The van der Waals surface area contributed by atoms with Gasteiger partial charge in [-0.1, -0.05) is 43.0 Å². The minimum atomic E-state index is -0.384. The number of hydrogen-bond acceptors (Lipinski definition) is 7. The third kappa shape index (κ3) is 5.72. The molecule has 0 radical (unpaired) electrons. The molecule has 5 rings (SSSR count). The SMILES string of the molecule is C=C1CC(N(C)Cc2ccc(-c3cc4ncnc(N[C@H](COC)c5ccc(F)cc5)c4s3)cc2)CC1O. The summed E-state index contributed by atoms with van der Waals surface area (Å²) in [5.41, 5.74) is 5.07. The number of halogens is 1. The van der Waals surface area contributed by atoms with Crippen LogP contribution in [0.15, 0.2) is 73.1 Å². The van der Waals surface area contributed by atoms with Crippen molar-refractivity contribution in [1.29, 1.82) is 0 Å². The van der Waals surface area contributed by atoms with Gasteiger partial charge in [-0.15, -0.1) is 11.3 Å². The van der Waals surface area contributed by atoms with Crippen LogP contribution in [0.3, 0.4) is 0 Å². The van der Waals surface area contributed by atoms with Gasteiger partial charge >= 0.3 is 0 Å². The van der Waals surface area contributed by atoms with Gasteiger partial charge in [0.25, 0.3) is 0 Å². The number of ether oxygens (including phenoxy) is 1. The van der Waals surface area contributed by atoms with Gasteiger partial charge in [-0.2, -0.15) is 0 Å². The van der Waals surface area contributed by atoms with Gasteiger partial charge in [0.2, 0.25) is 0 Å². The first-order valence-electron chi connectivity index (χ1n) is 12.3. The Labute approximate surface area is 220 Å². The molecule has 1 aliphatic rings. The maximum atomic E-state index is 13.4. The zero-order valence-electron chi connectivity index (χ0n) is 21.0. The topological polar surface area (TPSA) is 70.5 Å². The number of nitrogens with one attached hydrogen (secondary N) is 1. The number of benzene rings is 2. The van der Waals surface area contributed by atoms with Crippen molar-refractivity contribution in [3.8, 4) is 10.4 Å². The van der Waals surface area contributed by atoms with Crippen LogP contribution in [-0.4, -0.2) is 52.9 Å². The molecule has 3 atom stereocenters. The number of aromatic nitrogens is 2. The van der Waals surface area contributed by atoms with Gasteiger partial charge in [0.05, 0.1) is 29.0 Å². The Morgan fingerprint density at radius 3 is 2.62 bits per heavy atom. The number of fused-ring (bicyclic) bond motifs is 1. The number of aliphatic hydroxyl groups is 1. The van der Waals surface area contributed by atoms with E-state index < -0.39 is 0 Å². The van der Waals surface area contributed by atoms with Crippen LogP contribution in [0.25, 0.3) is 20.7 Å². The first-order valence-corrected chi connectivity index (χ1v) is 13.1. The predicted octanol–water partition coefficient (Wildman–Crippen LogP) is 5.81. The van der Waals surface area contributed by atoms with Crippen molar-refractivity contribution in [3.05, 3.63) is 90.0 Å². The lowest BCUT2D eigenvalue weighted by molar-refractivity contribution is 0.175. The van der Waals surface area contributed by atoms with E-state index in [9.17, 15) is 9.50 Å². The van der Waals surface area contributed by atoms with E-state index in [0.29, 0.717) is 12.6 Å². The molecule has 0 aliphatic heterocycles. The predicted molar refractivity (Wildman–Crippen MR) is 147 cm³/mol. The molecule has 2 aromatic heterocycles. The molecule has 1 fully saturated rings. The van der Waals surface area contributed by atoms with Crippen molar-refractivity contribution < 1.29 is 14.2 Å². The molecule has 0 spiro atoms. The Morgan fingerprint density at radius 1 is 1.19 bits per heavy atom. The molecule has 8 heteroatoms. The van der Waals surface area contributed by atoms with Crippen LogP contribution in [0.5, 0.6) is 0 Å². The summed E-state index contributed by atoms with van der Waals surface area (Å²) < 4.78 is 19.8. The molecule has 2 aromatic carbocycles. The number of anilines is 1. The fourth-order valence-electron chi connectivity index (χ4n) is 4.82. The second-order valence-electron chi connectivity index (χ2n) is 9.63. The average Bonchev–Trinajstić information content (AvgIpc) is 3.48. The van der Waals surface area contributed by atoms with Gasteiger partial charge in [-0.3, -0.25) is 4.90 Å². The Balaban J connectivity index is 1.33. The van der Waals surface area contributed by atoms with Crippen LogP contribution in [-0.2, 0) is 11.3 Å². The van der Waals surface area contributed by atoms with E-state index in [1.54, 1.807) is 36.9 Å². The first-order chi connectivity index (χ1) is 17.9. The van der Waals surface area contributed by atoms with E-state index in [-0.39, 0.29) is 18.0 Å². The number of rotatable bonds is 9. The van der Waals surface area contributed by atoms with E-state index in [0.717, 1.165) is 57.0 Å². The van der Waals surface area contributed by atoms with Gasteiger partial charge in [0, 0.05) is 24.6 Å². The monoisotopic (exact) mass is 518 g/mol. The fourth-order valence-corrected chi connectivity index (χ4v) is 5.89. The number of nitrogens with zero attached hydrogens (tertiary/aromatic N) is 3. The summed E-state index contributed by atoms with van der Waals surface area (Å²) in [5, 5.41) is 13.5. The molecule has 0 saturated heterocycles. The Kier molecular flexibility index (Phi) is 7.62. The van der Waals surface area contributed by atoms with Crippen molar-refractivity contribution in [3.63, 3.8) is 0 Å². The third-order valence-corrected chi connectivity index (χ3v) is 8.17. The summed E-state index contributed by atoms with van der Waals surface area (Å²) in [6, 6.07) is 17.3. The lowest BCUT2D eigenvalue weighted by Gasteiger charge is -2.24. The highest BCUT2D eigenvalue weighted by atomic mass is 32.1. The highest BCUT2D eigenvalue weighted by Gasteiger charge is 2.29. The van der Waals surface area contributed by atoms with Gasteiger partial charge in [-0.25, -0.2) is 14.4 Å². The lowest BCUT2D eigenvalue weighted by atomic mass is 10.1. The molecular weight excluding hydrogens is 487 g/mol. The Bertz CT molecular complexity index is 1370. The van der Waals surface area contributed by atoms with Crippen LogP contribution < -0.4 is 5.32 Å². The van der Waals surface area contributed by atoms with Gasteiger partial charge in [0.15, 0.2) is 0 Å². The molecule has 2 unspecified atom stereocenters. The Hall–Kier alpha value is -3.17. The van der Waals surface area contributed by atoms with Crippen LogP contribution in [0.2, 0.25) is 0 Å². The van der Waals surface area contributed by atoms with Gasteiger partial charge in [0.1, 0.15) is 18.0 Å². The molecule has 0 bridgehead atoms. The number of hydrogen-bond donors (Lipinski definition) is 2. The van der Waals surface area contributed by atoms with Crippen molar-refractivity contribution in [1.82, 2.24) is 14.9 Å². The van der Waals surface area contributed by atoms with E-state index in [1.165, 1.54) is 17.7 Å². The number of aliphatic hydroxyl groups excluding tert-OH is 1. The molecule has 2 N–H and O–H groups in total. The minimum absolute atomic E-state index is 0.177. The smallest absolute Gasteiger partial charge is 0.148 e. The van der Waals surface area contributed by atoms with E-state index >= 15 is 0 Å². The number of methoxy groups -OCH3 is 1. The molecule has 1 aliphatic carbocycles. The van der Waals surface area contributed by atoms with Crippen molar-refractivity contribution in [2.75, 3.05) is 26.1 Å². The summed E-state index contributed by atoms with van der Waals surface area (Å²) in [5.74, 6) is 0.458. The molecule has 192 valence electrons. The molecule has 4 aromatic rings. The summed E-state index contributed by atoms with van der Waals surface area (Å²) in [4.78, 5) is 12.4. The number of thiophene rings is 1. The van der Waals surface area contributed by atoms with E-state index in [2.05, 4.69) is 64.1 Å². The molecule has 1 saturated carbocycles. The van der Waals surface area contributed by atoms with Crippen LogP contribution in [0, 0.1) is 5.82 Å². The van der Waals surface area contributed by atoms with Crippen molar-refractivity contribution in [2.45, 2.75) is 37.6 Å². The lowest BCUT2D eigenvalue weighted by Crippen LogP contribution is -2.29. The zero-order chi connectivity index (χ0) is 25.9. The second-order valence-corrected chi connectivity index (χ2v) is 10.7. The zero-order valence-corrected chi connectivity index (χ0v) is 21.8. The third-order valence-electron chi connectivity index (χ3n) is 6.99. The summed E-state index contributed by atoms with van der Waals surface area (Å²) in [6.45, 7) is 5.21. The van der Waals surface area contributed by atoms with Gasteiger partial charge in [-0.05, 0) is 60.4 Å². The second kappa shape index (κ2) is 11.1. The van der Waals surface area contributed by atoms with Crippen molar-refractivity contribution in [2.24, 2.45) is 0 Å².